The molecular weight excluding hydrogens is 272 g/mol. The van der Waals surface area contributed by atoms with E-state index in [1.165, 1.54) is 18.2 Å². The van der Waals surface area contributed by atoms with Crippen LogP contribution < -0.4 is 0 Å². The van der Waals surface area contributed by atoms with Gasteiger partial charge in [-0.3, -0.25) is 4.90 Å². The third kappa shape index (κ3) is 3.11. The molecule has 1 aliphatic carbocycles. The summed E-state index contributed by atoms with van der Waals surface area (Å²) in [5.74, 6) is -0.675. The lowest BCUT2D eigenvalue weighted by atomic mass is 9.80. The molecule has 0 bridgehead atoms. The highest BCUT2D eigenvalue weighted by molar-refractivity contribution is 5.20. The molecule has 1 aromatic rings. The fraction of sp³-hybridized carbons (Fsp3) is 0.647. The summed E-state index contributed by atoms with van der Waals surface area (Å²) in [5, 5.41) is 10.2. The van der Waals surface area contributed by atoms with Gasteiger partial charge in [0.05, 0.1) is 6.10 Å². The number of rotatable bonds is 3. The summed E-state index contributed by atoms with van der Waals surface area (Å²) in [7, 11) is 0. The second-order valence-corrected chi connectivity index (χ2v) is 6.40. The Morgan fingerprint density at radius 1 is 1.05 bits per heavy atom. The Kier molecular flexibility index (Phi) is 4.55. The quantitative estimate of drug-likeness (QED) is 0.923. The van der Waals surface area contributed by atoms with E-state index < -0.39 is 11.6 Å². The Balaban J connectivity index is 1.75. The van der Waals surface area contributed by atoms with Crippen molar-refractivity contribution in [2.24, 2.45) is 5.92 Å². The monoisotopic (exact) mass is 295 g/mol. The van der Waals surface area contributed by atoms with Gasteiger partial charge in [-0.1, -0.05) is 18.9 Å². The summed E-state index contributed by atoms with van der Waals surface area (Å²) in [4.78, 5) is 2.17. The molecule has 1 saturated heterocycles. The number of aliphatic hydroxyl groups excluding tert-OH is 1. The van der Waals surface area contributed by atoms with Crippen LogP contribution >= 0.6 is 0 Å². The van der Waals surface area contributed by atoms with E-state index in [9.17, 15) is 13.9 Å². The smallest absolute Gasteiger partial charge is 0.130 e. The maximum absolute atomic E-state index is 13.8. The number of halogens is 2. The van der Waals surface area contributed by atoms with Gasteiger partial charge in [0.15, 0.2) is 0 Å². The zero-order chi connectivity index (χ0) is 14.8. The maximum atomic E-state index is 13.8. The van der Waals surface area contributed by atoms with Gasteiger partial charge in [0.1, 0.15) is 11.6 Å². The molecule has 1 heterocycles. The van der Waals surface area contributed by atoms with E-state index in [0.29, 0.717) is 6.54 Å². The highest BCUT2D eigenvalue weighted by atomic mass is 19.1. The van der Waals surface area contributed by atoms with E-state index in [2.05, 4.69) is 4.90 Å². The highest BCUT2D eigenvalue weighted by Crippen LogP contribution is 2.35. The van der Waals surface area contributed by atoms with Gasteiger partial charge in [0.25, 0.3) is 0 Å². The average Bonchev–Trinajstić information content (AvgIpc) is 2.92. The molecule has 116 valence electrons. The molecule has 4 heteroatoms. The van der Waals surface area contributed by atoms with Gasteiger partial charge < -0.3 is 5.11 Å². The van der Waals surface area contributed by atoms with E-state index >= 15 is 0 Å². The summed E-state index contributed by atoms with van der Waals surface area (Å²) >= 11 is 0. The predicted molar refractivity (Wildman–Crippen MR) is 77.8 cm³/mol. The van der Waals surface area contributed by atoms with Crippen LogP contribution in [0.25, 0.3) is 0 Å². The summed E-state index contributed by atoms with van der Waals surface area (Å²) < 4.78 is 27.7. The van der Waals surface area contributed by atoms with Crippen LogP contribution in [0.5, 0.6) is 0 Å². The first-order valence-electron chi connectivity index (χ1n) is 8.02. The van der Waals surface area contributed by atoms with E-state index in [1.807, 2.05) is 0 Å². The number of hydrogen-bond acceptors (Lipinski definition) is 2. The maximum Gasteiger partial charge on any atom is 0.130 e. The molecule has 2 fully saturated rings. The molecule has 0 aromatic heterocycles. The summed E-state index contributed by atoms with van der Waals surface area (Å²) in [5.41, 5.74) is 0.162. The molecule has 3 atom stereocenters. The Bertz CT molecular complexity index is 473. The van der Waals surface area contributed by atoms with Crippen molar-refractivity contribution >= 4 is 0 Å². The van der Waals surface area contributed by atoms with Crippen LogP contribution in [0, 0.1) is 17.6 Å². The third-order valence-corrected chi connectivity index (χ3v) is 5.11. The van der Waals surface area contributed by atoms with Crippen molar-refractivity contribution in [1.82, 2.24) is 4.90 Å². The van der Waals surface area contributed by atoms with E-state index in [0.717, 1.165) is 45.1 Å². The predicted octanol–water partition coefficient (Wildman–Crippen LogP) is 3.48. The van der Waals surface area contributed by atoms with Gasteiger partial charge in [-0.25, -0.2) is 8.78 Å². The summed E-state index contributed by atoms with van der Waals surface area (Å²) in [6, 6.07) is 4.30. The number of nitrogens with zero attached hydrogens (tertiary/aromatic N) is 1. The first kappa shape index (κ1) is 14.9. The van der Waals surface area contributed by atoms with Crippen LogP contribution in [-0.2, 0) is 6.54 Å². The molecular formula is C17H23F2NO. The van der Waals surface area contributed by atoms with E-state index in [-0.39, 0.29) is 23.6 Å². The molecule has 1 aliphatic heterocycles. The number of benzene rings is 1. The first-order chi connectivity index (χ1) is 10.2. The minimum atomic E-state index is -0.468. The third-order valence-electron chi connectivity index (χ3n) is 5.11. The van der Waals surface area contributed by atoms with E-state index in [4.69, 9.17) is 0 Å². The van der Waals surface area contributed by atoms with Crippen molar-refractivity contribution in [2.75, 3.05) is 6.54 Å². The topological polar surface area (TPSA) is 23.5 Å². The fourth-order valence-electron chi connectivity index (χ4n) is 4.01. The van der Waals surface area contributed by atoms with Crippen molar-refractivity contribution in [3.05, 3.63) is 35.4 Å². The zero-order valence-electron chi connectivity index (χ0n) is 12.3. The van der Waals surface area contributed by atoms with Gasteiger partial charge in [-0.2, -0.15) is 0 Å². The van der Waals surface area contributed by atoms with Crippen molar-refractivity contribution in [1.29, 1.82) is 0 Å². The highest BCUT2D eigenvalue weighted by Gasteiger charge is 2.37. The molecule has 3 rings (SSSR count). The molecule has 3 unspecified atom stereocenters. The summed E-state index contributed by atoms with van der Waals surface area (Å²) in [6.07, 6.45) is 5.95. The first-order valence-corrected chi connectivity index (χ1v) is 8.02. The lowest BCUT2D eigenvalue weighted by Crippen LogP contribution is -2.42. The van der Waals surface area contributed by atoms with Gasteiger partial charge in [0.2, 0.25) is 0 Å². The summed E-state index contributed by atoms with van der Waals surface area (Å²) in [6.45, 7) is 1.17. The SMILES string of the molecule is OC1CCCCC1C1CCCN1Cc1c(F)cccc1F. The normalized spacial score (nSPS) is 30.7. The molecule has 1 aromatic carbocycles. The van der Waals surface area contributed by atoms with Crippen molar-refractivity contribution < 1.29 is 13.9 Å². The minimum Gasteiger partial charge on any atom is -0.393 e. The van der Waals surface area contributed by atoms with Crippen LogP contribution in [0.15, 0.2) is 18.2 Å². The second kappa shape index (κ2) is 6.41. The molecule has 0 amide bonds. The van der Waals surface area contributed by atoms with Crippen LogP contribution in [0.2, 0.25) is 0 Å². The van der Waals surface area contributed by atoms with E-state index in [1.54, 1.807) is 0 Å². The number of aliphatic hydroxyl groups is 1. The average molecular weight is 295 g/mol. The lowest BCUT2D eigenvalue weighted by Gasteiger charge is -2.37. The van der Waals surface area contributed by atoms with Gasteiger partial charge >= 0.3 is 0 Å². The second-order valence-electron chi connectivity index (χ2n) is 6.40. The Morgan fingerprint density at radius 2 is 1.76 bits per heavy atom. The van der Waals surface area contributed by atoms with Crippen LogP contribution in [-0.4, -0.2) is 28.7 Å². The van der Waals surface area contributed by atoms with Crippen LogP contribution in [0.3, 0.4) is 0 Å². The van der Waals surface area contributed by atoms with Gasteiger partial charge in [-0.05, 0) is 44.4 Å². The molecule has 2 aliphatic rings. The van der Waals surface area contributed by atoms with Crippen molar-refractivity contribution in [3.8, 4) is 0 Å². The number of likely N-dealkylation sites (tertiary alicyclic amines) is 1. The standard InChI is InChI=1S/C17H23F2NO/c18-14-6-3-7-15(19)13(14)11-20-10-4-8-16(20)12-5-1-2-9-17(12)21/h3,6-7,12,16-17,21H,1-2,4-5,8-11H2. The molecule has 1 saturated carbocycles. The molecule has 21 heavy (non-hydrogen) atoms. The van der Waals surface area contributed by atoms with Crippen LogP contribution in [0.1, 0.15) is 44.1 Å². The lowest BCUT2D eigenvalue weighted by molar-refractivity contribution is 0.0197. The Hall–Kier alpha value is -1.00. The zero-order valence-corrected chi connectivity index (χ0v) is 12.3. The van der Waals surface area contributed by atoms with Crippen LogP contribution in [0.4, 0.5) is 8.78 Å². The van der Waals surface area contributed by atoms with Gasteiger partial charge in [-0.15, -0.1) is 0 Å². The largest absolute Gasteiger partial charge is 0.393 e. The Morgan fingerprint density at radius 3 is 2.48 bits per heavy atom. The van der Waals surface area contributed by atoms with Crippen molar-refractivity contribution in [3.63, 3.8) is 0 Å². The fourth-order valence-corrected chi connectivity index (χ4v) is 4.01. The van der Waals surface area contributed by atoms with Crippen molar-refractivity contribution in [2.45, 2.75) is 57.2 Å². The molecule has 1 N–H and O–H groups in total. The molecule has 2 nitrogen and oxygen atoms in total. The number of hydrogen-bond donors (Lipinski definition) is 1. The Labute approximate surface area is 124 Å². The minimum absolute atomic E-state index is 0.162. The molecule has 0 spiro atoms. The van der Waals surface area contributed by atoms with Gasteiger partial charge in [0, 0.05) is 24.1 Å². The molecule has 0 radical (unpaired) electrons.